The Morgan fingerprint density at radius 3 is 2.50 bits per heavy atom. The summed E-state index contributed by atoms with van der Waals surface area (Å²) in [4.78, 5) is 6.18. The van der Waals surface area contributed by atoms with Crippen LogP contribution in [0.1, 0.15) is 61.9 Å². The molecule has 0 aliphatic heterocycles. The van der Waals surface area contributed by atoms with Crippen molar-refractivity contribution in [3.8, 4) is 0 Å². The number of benzene rings is 1. The number of aryl methyl sites for hydroxylation is 1. The summed E-state index contributed by atoms with van der Waals surface area (Å²) in [5.74, 6) is 3.28. The molecule has 0 fully saturated rings. The van der Waals surface area contributed by atoms with Gasteiger partial charge in [-0.25, -0.2) is 0 Å². The third kappa shape index (κ3) is 4.50. The van der Waals surface area contributed by atoms with E-state index in [0.717, 1.165) is 17.9 Å². The Labute approximate surface area is 143 Å². The van der Waals surface area contributed by atoms with Crippen LogP contribution in [0.25, 0.3) is 0 Å². The maximum Gasteiger partial charge on any atom is 0.174 e. The molecule has 1 heterocycles. The number of hydrogen-bond donors (Lipinski definition) is 2. The van der Waals surface area contributed by atoms with Crippen LogP contribution >= 0.6 is 24.0 Å². The van der Waals surface area contributed by atoms with E-state index in [4.69, 9.17) is 12.2 Å². The zero-order valence-corrected chi connectivity index (χ0v) is 15.5. The molecule has 2 N–H and O–H groups in total. The summed E-state index contributed by atoms with van der Waals surface area (Å²) in [7, 11) is 0. The molecule has 4 heteroatoms. The van der Waals surface area contributed by atoms with Gasteiger partial charge < -0.3 is 9.97 Å². The average Bonchev–Trinajstić information content (AvgIpc) is 2.88. The van der Waals surface area contributed by atoms with Gasteiger partial charge in [-0.1, -0.05) is 45.9 Å². The Morgan fingerprint density at radius 2 is 1.91 bits per heavy atom. The van der Waals surface area contributed by atoms with Crippen LogP contribution in [0.4, 0.5) is 0 Å². The van der Waals surface area contributed by atoms with Gasteiger partial charge in [0.25, 0.3) is 0 Å². The molecule has 1 aromatic heterocycles. The van der Waals surface area contributed by atoms with Gasteiger partial charge in [0.1, 0.15) is 0 Å². The molecule has 0 saturated carbocycles. The molecule has 0 unspecified atom stereocenters. The molecular weight excluding hydrogens is 308 g/mol. The van der Waals surface area contributed by atoms with E-state index in [-0.39, 0.29) is 0 Å². The van der Waals surface area contributed by atoms with Crippen molar-refractivity contribution in [1.82, 2.24) is 9.97 Å². The zero-order chi connectivity index (χ0) is 16.1. The molecule has 0 aliphatic rings. The average molecular weight is 335 g/mol. The van der Waals surface area contributed by atoms with Crippen LogP contribution in [0.15, 0.2) is 24.4 Å². The van der Waals surface area contributed by atoms with Crippen LogP contribution in [-0.4, -0.2) is 15.7 Å². The van der Waals surface area contributed by atoms with Gasteiger partial charge in [-0.15, -0.1) is 0 Å². The number of rotatable bonds is 7. The quantitative estimate of drug-likeness (QED) is 0.495. The van der Waals surface area contributed by atoms with E-state index in [0.29, 0.717) is 16.6 Å². The Bertz CT molecular complexity index is 653. The van der Waals surface area contributed by atoms with Crippen molar-refractivity contribution >= 4 is 24.0 Å². The maximum absolute atomic E-state index is 5.05. The van der Waals surface area contributed by atoms with Crippen molar-refractivity contribution < 1.29 is 0 Å². The standard InChI is InChI=1S/C18H26N2S2/c1-12(2)16-7-5-6-14(17(16)13(3)4)8-9-22-11-15-10-19-18(21)20-15/h5-7,10,12-13H,8-9,11H2,1-4H3,(H2,19,20,21). The second-order valence-corrected chi connectivity index (χ2v) is 7.81. The highest BCUT2D eigenvalue weighted by atomic mass is 32.2. The molecule has 0 spiro atoms. The molecule has 0 bridgehead atoms. The van der Waals surface area contributed by atoms with E-state index < -0.39 is 0 Å². The second kappa shape index (κ2) is 8.02. The monoisotopic (exact) mass is 334 g/mol. The normalized spacial score (nSPS) is 11.5. The number of imidazole rings is 1. The van der Waals surface area contributed by atoms with Crippen molar-refractivity contribution in [1.29, 1.82) is 0 Å². The molecule has 0 amide bonds. The second-order valence-electron chi connectivity index (χ2n) is 6.30. The van der Waals surface area contributed by atoms with Crippen molar-refractivity contribution in [2.24, 2.45) is 0 Å². The van der Waals surface area contributed by atoms with Gasteiger partial charge in [-0.05, 0) is 52.9 Å². The lowest BCUT2D eigenvalue weighted by Gasteiger charge is -2.20. The molecule has 2 rings (SSSR count). The molecule has 0 radical (unpaired) electrons. The van der Waals surface area contributed by atoms with E-state index in [1.54, 1.807) is 5.56 Å². The third-order valence-corrected chi connectivity index (χ3v) is 5.08. The Morgan fingerprint density at radius 1 is 1.14 bits per heavy atom. The Kier molecular flexibility index (Phi) is 6.33. The minimum Gasteiger partial charge on any atom is -0.337 e. The molecule has 22 heavy (non-hydrogen) atoms. The fourth-order valence-electron chi connectivity index (χ4n) is 2.87. The van der Waals surface area contributed by atoms with E-state index >= 15 is 0 Å². The number of hydrogen-bond acceptors (Lipinski definition) is 2. The first-order valence-electron chi connectivity index (χ1n) is 7.95. The molecule has 2 nitrogen and oxygen atoms in total. The van der Waals surface area contributed by atoms with Gasteiger partial charge >= 0.3 is 0 Å². The van der Waals surface area contributed by atoms with E-state index in [1.807, 2.05) is 18.0 Å². The van der Waals surface area contributed by atoms with Gasteiger partial charge in [0.2, 0.25) is 0 Å². The first kappa shape index (κ1) is 17.4. The van der Waals surface area contributed by atoms with Gasteiger partial charge in [0.15, 0.2) is 4.77 Å². The van der Waals surface area contributed by atoms with Crippen LogP contribution in [0.5, 0.6) is 0 Å². The van der Waals surface area contributed by atoms with Crippen LogP contribution in [0.3, 0.4) is 0 Å². The van der Waals surface area contributed by atoms with Gasteiger partial charge in [0.05, 0.1) is 0 Å². The highest BCUT2D eigenvalue weighted by Crippen LogP contribution is 2.30. The third-order valence-electron chi connectivity index (χ3n) is 3.85. The molecule has 0 aliphatic carbocycles. The van der Waals surface area contributed by atoms with Gasteiger partial charge in [-0.2, -0.15) is 11.8 Å². The predicted octanol–water partition coefficient (Wildman–Crippen LogP) is 5.79. The first-order valence-corrected chi connectivity index (χ1v) is 9.51. The van der Waals surface area contributed by atoms with Crippen molar-refractivity contribution in [2.75, 3.05) is 5.75 Å². The first-order chi connectivity index (χ1) is 10.5. The lowest BCUT2D eigenvalue weighted by molar-refractivity contribution is 0.776. The summed E-state index contributed by atoms with van der Waals surface area (Å²) in [6.45, 7) is 9.18. The van der Waals surface area contributed by atoms with Crippen LogP contribution in [0.2, 0.25) is 0 Å². The topological polar surface area (TPSA) is 31.6 Å². The summed E-state index contributed by atoms with van der Waals surface area (Å²) >= 11 is 7.00. The Balaban J connectivity index is 2.00. The number of thioether (sulfide) groups is 1. The highest BCUT2D eigenvalue weighted by molar-refractivity contribution is 7.98. The number of aromatic nitrogens is 2. The van der Waals surface area contributed by atoms with E-state index in [1.165, 1.54) is 16.8 Å². The summed E-state index contributed by atoms with van der Waals surface area (Å²) in [5.41, 5.74) is 5.75. The number of aromatic amines is 2. The summed E-state index contributed by atoms with van der Waals surface area (Å²) in [6, 6.07) is 6.80. The van der Waals surface area contributed by atoms with Crippen molar-refractivity contribution in [3.63, 3.8) is 0 Å². The van der Waals surface area contributed by atoms with E-state index in [9.17, 15) is 0 Å². The molecule has 2 aromatic rings. The predicted molar refractivity (Wildman–Crippen MR) is 100 cm³/mol. The van der Waals surface area contributed by atoms with Crippen molar-refractivity contribution in [2.45, 2.75) is 51.7 Å². The minimum atomic E-state index is 0.583. The van der Waals surface area contributed by atoms with Gasteiger partial charge in [-0.3, -0.25) is 0 Å². The smallest absolute Gasteiger partial charge is 0.174 e. The van der Waals surface area contributed by atoms with Crippen molar-refractivity contribution in [3.05, 3.63) is 51.6 Å². The van der Waals surface area contributed by atoms with Crippen LogP contribution in [-0.2, 0) is 12.2 Å². The fraction of sp³-hybridized carbons (Fsp3) is 0.500. The largest absolute Gasteiger partial charge is 0.337 e. The molecular formula is C18H26N2S2. The summed E-state index contributed by atoms with van der Waals surface area (Å²) < 4.78 is 0.710. The van der Waals surface area contributed by atoms with Gasteiger partial charge in [0, 0.05) is 17.6 Å². The fourth-order valence-corrected chi connectivity index (χ4v) is 3.95. The zero-order valence-electron chi connectivity index (χ0n) is 13.9. The number of nitrogens with one attached hydrogen (secondary N) is 2. The maximum atomic E-state index is 5.05. The molecule has 0 saturated heterocycles. The van der Waals surface area contributed by atoms with E-state index in [2.05, 4.69) is 55.9 Å². The Hall–Kier alpha value is -1.00. The minimum absolute atomic E-state index is 0.583. The molecule has 120 valence electrons. The molecule has 0 atom stereocenters. The lowest BCUT2D eigenvalue weighted by Crippen LogP contribution is -2.05. The molecule has 1 aromatic carbocycles. The number of H-pyrrole nitrogens is 2. The van der Waals surface area contributed by atoms with Crippen LogP contribution < -0.4 is 0 Å². The summed E-state index contributed by atoms with van der Waals surface area (Å²) in [5, 5.41) is 0. The summed E-state index contributed by atoms with van der Waals surface area (Å²) in [6.07, 6.45) is 3.10. The van der Waals surface area contributed by atoms with Crippen LogP contribution in [0, 0.1) is 4.77 Å². The lowest BCUT2D eigenvalue weighted by atomic mass is 9.86. The SMILES string of the molecule is CC(C)c1cccc(CCSCc2c[nH]c(=S)[nH]2)c1C(C)C. The highest BCUT2D eigenvalue weighted by Gasteiger charge is 2.13.